The number of aromatic nitrogens is 3. The number of aromatic amines is 1. The number of nitrogens with one attached hydrogen (secondary N) is 2. The maximum absolute atomic E-state index is 12.0. The molecule has 0 fully saturated rings. The number of pyridine rings is 1. The van der Waals surface area contributed by atoms with E-state index in [4.69, 9.17) is 0 Å². The molecule has 2 N–H and O–H groups in total. The van der Waals surface area contributed by atoms with E-state index in [0.29, 0.717) is 18.5 Å². The van der Waals surface area contributed by atoms with Crippen molar-refractivity contribution in [1.29, 1.82) is 0 Å². The van der Waals surface area contributed by atoms with E-state index in [0.717, 1.165) is 22.6 Å². The number of hydrogen-bond donors (Lipinski definition) is 2. The van der Waals surface area contributed by atoms with Gasteiger partial charge in [-0.05, 0) is 31.2 Å². The summed E-state index contributed by atoms with van der Waals surface area (Å²) in [7, 11) is 0. The Kier molecular flexibility index (Phi) is 3.64. The molecular formula is C16H16N4O. The highest BCUT2D eigenvalue weighted by Crippen LogP contribution is 2.10. The first kappa shape index (κ1) is 13.3. The van der Waals surface area contributed by atoms with Crippen molar-refractivity contribution in [3.8, 4) is 0 Å². The van der Waals surface area contributed by atoms with Gasteiger partial charge in [-0.2, -0.15) is 0 Å². The van der Waals surface area contributed by atoms with Gasteiger partial charge in [-0.1, -0.05) is 12.1 Å². The maximum Gasteiger partial charge on any atom is 0.251 e. The Bertz CT molecular complexity index is 746. The molecule has 5 heteroatoms. The fraction of sp³-hybridized carbons (Fsp3) is 0.188. The molecule has 0 spiro atoms. The normalized spacial score (nSPS) is 10.7. The SMILES string of the molecule is Cc1cc(C(=O)NCCc2nc3ccccc3[nH]2)ccn1. The first-order valence-corrected chi connectivity index (χ1v) is 6.87. The van der Waals surface area contributed by atoms with Crippen LogP contribution in [0.3, 0.4) is 0 Å². The second-order valence-electron chi connectivity index (χ2n) is 4.89. The third-order valence-corrected chi connectivity index (χ3v) is 3.24. The molecule has 0 aliphatic heterocycles. The van der Waals surface area contributed by atoms with Gasteiger partial charge in [0.05, 0.1) is 11.0 Å². The summed E-state index contributed by atoms with van der Waals surface area (Å²) >= 11 is 0. The van der Waals surface area contributed by atoms with E-state index in [1.54, 1.807) is 18.3 Å². The number of carbonyl (C=O) groups excluding carboxylic acids is 1. The van der Waals surface area contributed by atoms with Gasteiger partial charge in [-0.15, -0.1) is 0 Å². The molecular weight excluding hydrogens is 264 g/mol. The van der Waals surface area contributed by atoms with Crippen LogP contribution in [0.5, 0.6) is 0 Å². The predicted octanol–water partition coefficient (Wildman–Crippen LogP) is 2.24. The first-order valence-electron chi connectivity index (χ1n) is 6.87. The van der Waals surface area contributed by atoms with Crippen molar-refractivity contribution in [2.45, 2.75) is 13.3 Å². The van der Waals surface area contributed by atoms with Crippen LogP contribution in [0.4, 0.5) is 0 Å². The van der Waals surface area contributed by atoms with Gasteiger partial charge in [0, 0.05) is 30.4 Å². The number of imidazole rings is 1. The van der Waals surface area contributed by atoms with Gasteiger partial charge in [0.1, 0.15) is 5.82 Å². The fourth-order valence-corrected chi connectivity index (χ4v) is 2.21. The van der Waals surface area contributed by atoms with Crippen LogP contribution in [0.1, 0.15) is 21.9 Å². The number of benzene rings is 1. The molecule has 21 heavy (non-hydrogen) atoms. The van der Waals surface area contributed by atoms with E-state index in [9.17, 15) is 4.79 Å². The molecule has 0 unspecified atom stereocenters. The molecule has 0 saturated carbocycles. The molecule has 2 aromatic heterocycles. The van der Waals surface area contributed by atoms with Crippen LogP contribution in [-0.4, -0.2) is 27.4 Å². The zero-order valence-corrected chi connectivity index (χ0v) is 11.8. The minimum Gasteiger partial charge on any atom is -0.352 e. The lowest BCUT2D eigenvalue weighted by molar-refractivity contribution is 0.0954. The summed E-state index contributed by atoms with van der Waals surface area (Å²) < 4.78 is 0. The molecule has 106 valence electrons. The summed E-state index contributed by atoms with van der Waals surface area (Å²) in [5, 5.41) is 2.89. The first-order chi connectivity index (χ1) is 10.2. The largest absolute Gasteiger partial charge is 0.352 e. The van der Waals surface area contributed by atoms with Crippen molar-refractivity contribution in [3.05, 3.63) is 59.7 Å². The van der Waals surface area contributed by atoms with E-state index in [2.05, 4.69) is 20.3 Å². The summed E-state index contributed by atoms with van der Waals surface area (Å²) in [6, 6.07) is 11.4. The topological polar surface area (TPSA) is 70.7 Å². The van der Waals surface area contributed by atoms with Gasteiger partial charge < -0.3 is 10.3 Å². The highest BCUT2D eigenvalue weighted by atomic mass is 16.1. The molecule has 0 aliphatic rings. The van der Waals surface area contributed by atoms with Crippen LogP contribution in [0.2, 0.25) is 0 Å². The van der Waals surface area contributed by atoms with Gasteiger partial charge in [-0.3, -0.25) is 9.78 Å². The quantitative estimate of drug-likeness (QED) is 0.770. The second kappa shape index (κ2) is 5.75. The molecule has 3 aromatic rings. The molecule has 0 radical (unpaired) electrons. The monoisotopic (exact) mass is 280 g/mol. The Morgan fingerprint density at radius 1 is 1.29 bits per heavy atom. The zero-order chi connectivity index (χ0) is 14.7. The highest BCUT2D eigenvalue weighted by Gasteiger charge is 2.06. The Labute approximate surface area is 122 Å². The van der Waals surface area contributed by atoms with Crippen molar-refractivity contribution in [2.24, 2.45) is 0 Å². The van der Waals surface area contributed by atoms with E-state index in [1.807, 2.05) is 31.2 Å². The van der Waals surface area contributed by atoms with Crippen LogP contribution in [0.25, 0.3) is 11.0 Å². The van der Waals surface area contributed by atoms with Crippen LogP contribution in [0.15, 0.2) is 42.6 Å². The van der Waals surface area contributed by atoms with Gasteiger partial charge in [0.15, 0.2) is 0 Å². The number of para-hydroxylation sites is 2. The fourth-order valence-electron chi connectivity index (χ4n) is 2.21. The molecule has 0 bridgehead atoms. The summed E-state index contributed by atoms with van der Waals surface area (Å²) in [6.45, 7) is 2.41. The molecule has 0 atom stereocenters. The third kappa shape index (κ3) is 3.08. The second-order valence-corrected chi connectivity index (χ2v) is 4.89. The van der Waals surface area contributed by atoms with Crippen molar-refractivity contribution in [2.75, 3.05) is 6.54 Å². The van der Waals surface area contributed by atoms with Crippen LogP contribution < -0.4 is 5.32 Å². The van der Waals surface area contributed by atoms with Gasteiger partial charge in [-0.25, -0.2) is 4.98 Å². The van der Waals surface area contributed by atoms with Gasteiger partial charge in [0.2, 0.25) is 0 Å². The van der Waals surface area contributed by atoms with E-state index in [1.165, 1.54) is 0 Å². The van der Waals surface area contributed by atoms with E-state index >= 15 is 0 Å². The van der Waals surface area contributed by atoms with Gasteiger partial charge >= 0.3 is 0 Å². The predicted molar refractivity (Wildman–Crippen MR) is 81.1 cm³/mol. The minimum atomic E-state index is -0.0865. The summed E-state index contributed by atoms with van der Waals surface area (Å²) in [5.41, 5.74) is 3.43. The molecule has 3 rings (SSSR count). The lowest BCUT2D eigenvalue weighted by Gasteiger charge is -2.04. The number of aryl methyl sites for hydroxylation is 1. The molecule has 1 amide bonds. The Morgan fingerprint density at radius 2 is 2.14 bits per heavy atom. The standard InChI is InChI=1S/C16H16N4O/c1-11-10-12(6-8-17-11)16(21)18-9-7-15-19-13-4-2-3-5-14(13)20-15/h2-6,8,10H,7,9H2,1H3,(H,18,21)(H,19,20). The number of H-pyrrole nitrogens is 1. The molecule has 5 nitrogen and oxygen atoms in total. The van der Waals surface area contributed by atoms with Crippen LogP contribution >= 0.6 is 0 Å². The number of nitrogens with zero attached hydrogens (tertiary/aromatic N) is 2. The number of amides is 1. The Balaban J connectivity index is 1.59. The maximum atomic E-state index is 12.0. The smallest absolute Gasteiger partial charge is 0.251 e. The number of carbonyl (C=O) groups is 1. The highest BCUT2D eigenvalue weighted by molar-refractivity contribution is 5.94. The molecule has 1 aromatic carbocycles. The Morgan fingerprint density at radius 3 is 2.95 bits per heavy atom. The van der Waals surface area contributed by atoms with E-state index < -0.39 is 0 Å². The van der Waals surface area contributed by atoms with Crippen molar-refractivity contribution in [1.82, 2.24) is 20.3 Å². The number of fused-ring (bicyclic) bond motifs is 1. The zero-order valence-electron chi connectivity index (χ0n) is 11.8. The van der Waals surface area contributed by atoms with Crippen LogP contribution in [0, 0.1) is 6.92 Å². The summed E-state index contributed by atoms with van der Waals surface area (Å²) in [4.78, 5) is 23.8. The van der Waals surface area contributed by atoms with Crippen molar-refractivity contribution < 1.29 is 4.79 Å². The van der Waals surface area contributed by atoms with E-state index in [-0.39, 0.29) is 5.91 Å². The summed E-state index contributed by atoms with van der Waals surface area (Å²) in [6.07, 6.45) is 2.31. The number of rotatable bonds is 4. The van der Waals surface area contributed by atoms with Crippen molar-refractivity contribution in [3.63, 3.8) is 0 Å². The lowest BCUT2D eigenvalue weighted by Crippen LogP contribution is -2.26. The molecule has 0 aliphatic carbocycles. The number of hydrogen-bond acceptors (Lipinski definition) is 3. The molecule has 0 saturated heterocycles. The Hall–Kier alpha value is -2.69. The van der Waals surface area contributed by atoms with Crippen LogP contribution in [-0.2, 0) is 6.42 Å². The minimum absolute atomic E-state index is 0.0865. The third-order valence-electron chi connectivity index (χ3n) is 3.24. The lowest BCUT2D eigenvalue weighted by atomic mass is 10.2. The summed E-state index contributed by atoms with van der Waals surface area (Å²) in [5.74, 6) is 0.791. The van der Waals surface area contributed by atoms with Crippen molar-refractivity contribution >= 4 is 16.9 Å². The average Bonchev–Trinajstić information content (AvgIpc) is 2.89. The average molecular weight is 280 g/mol. The van der Waals surface area contributed by atoms with Gasteiger partial charge in [0.25, 0.3) is 5.91 Å². The molecule has 2 heterocycles.